The number of aromatic hydroxyl groups is 1. The predicted octanol–water partition coefficient (Wildman–Crippen LogP) is 3.19. The number of hydrogen-bond donors (Lipinski definition) is 1. The third kappa shape index (κ3) is 2.52. The van der Waals surface area contributed by atoms with Crippen molar-refractivity contribution in [3.05, 3.63) is 46.8 Å². The second kappa shape index (κ2) is 6.16. The lowest BCUT2D eigenvalue weighted by Crippen LogP contribution is -2.02. The van der Waals surface area contributed by atoms with Gasteiger partial charge < -0.3 is 23.7 Å². The molecule has 6 nitrogen and oxygen atoms in total. The van der Waals surface area contributed by atoms with Gasteiger partial charge in [0.2, 0.25) is 5.75 Å². The predicted molar refractivity (Wildman–Crippen MR) is 89.2 cm³/mol. The minimum atomic E-state index is -0.830. The molecule has 3 rings (SSSR count). The quantitative estimate of drug-likeness (QED) is 0.741. The Balaban J connectivity index is 2.40. The smallest absolute Gasteiger partial charge is 0.379 e. The molecule has 0 saturated heterocycles. The topological polar surface area (TPSA) is 78.1 Å². The van der Waals surface area contributed by atoms with E-state index in [1.54, 1.807) is 43.5 Å². The summed E-state index contributed by atoms with van der Waals surface area (Å²) in [6.07, 6.45) is 0. The number of fused-ring (bicyclic) bond motifs is 1. The molecule has 124 valence electrons. The van der Waals surface area contributed by atoms with Crippen molar-refractivity contribution < 1.29 is 23.7 Å². The van der Waals surface area contributed by atoms with Crippen LogP contribution in [0.15, 0.2) is 45.6 Å². The first kappa shape index (κ1) is 15.7. The second-order valence-electron chi connectivity index (χ2n) is 5.04. The van der Waals surface area contributed by atoms with Crippen molar-refractivity contribution in [2.45, 2.75) is 0 Å². The maximum Gasteiger partial charge on any atom is 0.379 e. The van der Waals surface area contributed by atoms with Gasteiger partial charge in [-0.2, -0.15) is 0 Å². The summed E-state index contributed by atoms with van der Waals surface area (Å²) in [5.74, 6) is 1.10. The molecule has 3 aromatic rings. The zero-order chi connectivity index (χ0) is 17.3. The van der Waals surface area contributed by atoms with Crippen LogP contribution in [0.4, 0.5) is 0 Å². The maximum atomic E-state index is 12.0. The van der Waals surface area contributed by atoms with Gasteiger partial charge in [0.05, 0.1) is 26.7 Å². The molecule has 0 aliphatic heterocycles. The molecule has 0 spiro atoms. The van der Waals surface area contributed by atoms with Crippen LogP contribution in [0.3, 0.4) is 0 Å². The Hall–Kier alpha value is -3.15. The minimum Gasteiger partial charge on any atom is -0.501 e. The Bertz CT molecular complexity index is 940. The van der Waals surface area contributed by atoms with E-state index in [9.17, 15) is 9.90 Å². The fraction of sp³-hybridized carbons (Fsp3) is 0.167. The molecule has 1 aromatic heterocycles. The van der Waals surface area contributed by atoms with E-state index in [1.165, 1.54) is 14.2 Å². The van der Waals surface area contributed by atoms with Gasteiger partial charge in [0.15, 0.2) is 0 Å². The molecular weight excluding hydrogens is 312 g/mol. The van der Waals surface area contributed by atoms with E-state index in [-0.39, 0.29) is 5.58 Å². The molecule has 0 bridgehead atoms. The lowest BCUT2D eigenvalue weighted by atomic mass is 10.00. The summed E-state index contributed by atoms with van der Waals surface area (Å²) in [6, 6.07) is 10.2. The molecule has 24 heavy (non-hydrogen) atoms. The largest absolute Gasteiger partial charge is 0.501 e. The minimum absolute atomic E-state index is 0.264. The van der Waals surface area contributed by atoms with Gasteiger partial charge in [-0.1, -0.05) is 12.1 Å². The summed E-state index contributed by atoms with van der Waals surface area (Å²) in [4.78, 5) is 12.0. The number of methoxy groups -OCH3 is 3. The van der Waals surface area contributed by atoms with Gasteiger partial charge in [-0.05, 0) is 17.7 Å². The SMILES string of the molecule is COc1ccc(-c2c(O)c(=O)oc3cc(OC)cc(OC)c23)cc1. The van der Waals surface area contributed by atoms with Gasteiger partial charge >= 0.3 is 5.63 Å². The first-order valence-electron chi connectivity index (χ1n) is 7.15. The van der Waals surface area contributed by atoms with Gasteiger partial charge in [-0.25, -0.2) is 4.79 Å². The number of ether oxygens (including phenoxy) is 3. The van der Waals surface area contributed by atoms with E-state index >= 15 is 0 Å². The maximum absolute atomic E-state index is 12.0. The van der Waals surface area contributed by atoms with Crippen molar-refractivity contribution >= 4 is 11.0 Å². The molecule has 1 heterocycles. The van der Waals surface area contributed by atoms with Crippen LogP contribution >= 0.6 is 0 Å². The highest BCUT2D eigenvalue weighted by molar-refractivity contribution is 6.01. The van der Waals surface area contributed by atoms with Crippen LogP contribution in [0.25, 0.3) is 22.1 Å². The number of benzene rings is 2. The highest BCUT2D eigenvalue weighted by Gasteiger charge is 2.20. The molecule has 0 fully saturated rings. The summed E-state index contributed by atoms with van der Waals surface area (Å²) >= 11 is 0. The zero-order valence-corrected chi connectivity index (χ0v) is 13.5. The van der Waals surface area contributed by atoms with Gasteiger partial charge in [0.1, 0.15) is 22.8 Å². The van der Waals surface area contributed by atoms with Crippen molar-refractivity contribution in [1.29, 1.82) is 0 Å². The average Bonchev–Trinajstić information content (AvgIpc) is 2.62. The Morgan fingerprint density at radius 3 is 2.17 bits per heavy atom. The van der Waals surface area contributed by atoms with Crippen molar-refractivity contribution in [1.82, 2.24) is 0 Å². The monoisotopic (exact) mass is 328 g/mol. The molecular formula is C18H16O6. The van der Waals surface area contributed by atoms with E-state index in [1.807, 2.05) is 0 Å². The van der Waals surface area contributed by atoms with Gasteiger partial charge in [0.25, 0.3) is 0 Å². The van der Waals surface area contributed by atoms with Crippen LogP contribution in [-0.4, -0.2) is 26.4 Å². The molecule has 0 aliphatic carbocycles. The lowest BCUT2D eigenvalue weighted by Gasteiger charge is -2.13. The van der Waals surface area contributed by atoms with E-state index in [0.29, 0.717) is 33.8 Å². The third-order valence-electron chi connectivity index (χ3n) is 3.76. The second-order valence-corrected chi connectivity index (χ2v) is 5.04. The summed E-state index contributed by atoms with van der Waals surface area (Å²) < 4.78 is 20.9. The number of hydrogen-bond acceptors (Lipinski definition) is 6. The lowest BCUT2D eigenvalue weighted by molar-refractivity contribution is 0.393. The summed E-state index contributed by atoms with van der Waals surface area (Å²) in [5, 5.41) is 10.8. The van der Waals surface area contributed by atoms with Crippen LogP contribution in [0.2, 0.25) is 0 Å². The van der Waals surface area contributed by atoms with Gasteiger partial charge in [-0.15, -0.1) is 0 Å². The van der Waals surface area contributed by atoms with Crippen molar-refractivity contribution in [3.63, 3.8) is 0 Å². The van der Waals surface area contributed by atoms with Crippen LogP contribution in [0.1, 0.15) is 0 Å². The molecule has 0 saturated carbocycles. The van der Waals surface area contributed by atoms with Crippen LogP contribution in [0, 0.1) is 0 Å². The van der Waals surface area contributed by atoms with Crippen molar-refractivity contribution in [2.24, 2.45) is 0 Å². The van der Waals surface area contributed by atoms with Crippen LogP contribution in [0.5, 0.6) is 23.0 Å². The van der Waals surface area contributed by atoms with E-state index < -0.39 is 11.4 Å². The molecule has 6 heteroatoms. The molecule has 0 atom stereocenters. The Morgan fingerprint density at radius 2 is 1.58 bits per heavy atom. The number of rotatable bonds is 4. The molecule has 2 aromatic carbocycles. The average molecular weight is 328 g/mol. The normalized spacial score (nSPS) is 10.6. The van der Waals surface area contributed by atoms with Crippen LogP contribution < -0.4 is 19.8 Å². The standard InChI is InChI=1S/C18H16O6/c1-21-11-6-4-10(5-7-11)15-16-13(23-3)8-12(22-2)9-14(16)24-18(20)17(15)19/h4-9,19H,1-3H3. The third-order valence-corrected chi connectivity index (χ3v) is 3.76. The highest BCUT2D eigenvalue weighted by atomic mass is 16.5. The Morgan fingerprint density at radius 1 is 0.917 bits per heavy atom. The molecule has 0 aliphatic rings. The molecule has 1 N–H and O–H groups in total. The molecule has 0 unspecified atom stereocenters. The Labute approximate surface area is 137 Å². The highest BCUT2D eigenvalue weighted by Crippen LogP contribution is 2.41. The first-order chi connectivity index (χ1) is 11.6. The van der Waals surface area contributed by atoms with Crippen molar-refractivity contribution in [2.75, 3.05) is 21.3 Å². The first-order valence-corrected chi connectivity index (χ1v) is 7.15. The fourth-order valence-electron chi connectivity index (χ4n) is 2.58. The van der Waals surface area contributed by atoms with E-state index in [4.69, 9.17) is 18.6 Å². The van der Waals surface area contributed by atoms with Crippen LogP contribution in [-0.2, 0) is 0 Å². The summed E-state index contributed by atoms with van der Waals surface area (Å²) in [5.41, 5.74) is 0.404. The van der Waals surface area contributed by atoms with E-state index in [0.717, 1.165) is 0 Å². The Kier molecular flexibility index (Phi) is 4.04. The summed E-state index contributed by atoms with van der Waals surface area (Å²) in [6.45, 7) is 0. The van der Waals surface area contributed by atoms with Gasteiger partial charge in [-0.3, -0.25) is 0 Å². The molecule has 0 amide bonds. The van der Waals surface area contributed by atoms with E-state index in [2.05, 4.69) is 0 Å². The zero-order valence-electron chi connectivity index (χ0n) is 13.5. The molecule has 0 radical (unpaired) electrons. The van der Waals surface area contributed by atoms with Crippen molar-refractivity contribution in [3.8, 4) is 34.1 Å². The van der Waals surface area contributed by atoms with Gasteiger partial charge in [0, 0.05) is 17.7 Å². The summed E-state index contributed by atoms with van der Waals surface area (Å²) in [7, 11) is 4.56. The fourth-order valence-corrected chi connectivity index (χ4v) is 2.58.